The maximum Gasteiger partial charge on any atom is 0.220 e. The lowest BCUT2D eigenvalue weighted by molar-refractivity contribution is 0.198. The standard InChI is InChI=1S/C23H26N4O/c1-28-20-11-9-18(10-12-20)21-14-25-23(24)26-22(21)19-8-5-13-27(16-19)15-17-6-3-2-4-7-17/h2-4,6-7,9-12,14,19H,5,8,13,15-16H2,1H3,(H2,24,25,26)/t19-/m1/s1. The highest BCUT2D eigenvalue weighted by atomic mass is 16.5. The molecule has 5 nitrogen and oxygen atoms in total. The van der Waals surface area contributed by atoms with Gasteiger partial charge in [-0.15, -0.1) is 0 Å². The summed E-state index contributed by atoms with van der Waals surface area (Å²) in [4.78, 5) is 11.4. The molecular weight excluding hydrogens is 348 g/mol. The molecule has 0 unspecified atom stereocenters. The Morgan fingerprint density at radius 2 is 1.89 bits per heavy atom. The van der Waals surface area contributed by atoms with Crippen LogP contribution in [-0.2, 0) is 6.54 Å². The molecule has 1 aromatic heterocycles. The number of ether oxygens (including phenoxy) is 1. The van der Waals surface area contributed by atoms with Gasteiger partial charge in [-0.25, -0.2) is 9.97 Å². The molecule has 4 rings (SSSR count). The van der Waals surface area contributed by atoms with Crippen LogP contribution in [0.2, 0.25) is 0 Å². The van der Waals surface area contributed by atoms with Crippen molar-refractivity contribution >= 4 is 5.95 Å². The minimum absolute atomic E-state index is 0.340. The Bertz CT molecular complexity index is 912. The summed E-state index contributed by atoms with van der Waals surface area (Å²) in [6.45, 7) is 3.06. The van der Waals surface area contributed by atoms with Crippen LogP contribution in [0.1, 0.15) is 30.0 Å². The van der Waals surface area contributed by atoms with Gasteiger partial charge in [-0.05, 0) is 42.6 Å². The zero-order valence-corrected chi connectivity index (χ0v) is 16.2. The summed E-state index contributed by atoms with van der Waals surface area (Å²) < 4.78 is 5.28. The minimum Gasteiger partial charge on any atom is -0.497 e. The Kier molecular flexibility index (Phi) is 5.53. The van der Waals surface area contributed by atoms with Crippen molar-refractivity contribution in [2.75, 3.05) is 25.9 Å². The van der Waals surface area contributed by atoms with Gasteiger partial charge >= 0.3 is 0 Å². The van der Waals surface area contributed by atoms with E-state index in [2.05, 4.69) is 57.3 Å². The van der Waals surface area contributed by atoms with Gasteiger partial charge in [0.05, 0.1) is 12.8 Å². The van der Waals surface area contributed by atoms with Gasteiger partial charge in [0, 0.05) is 30.8 Å². The SMILES string of the molecule is COc1ccc(-c2cnc(N)nc2[C@@H]2CCCN(Cc3ccccc3)C2)cc1. The summed E-state index contributed by atoms with van der Waals surface area (Å²) in [5.74, 6) is 1.53. The third-order valence-corrected chi connectivity index (χ3v) is 5.38. The van der Waals surface area contributed by atoms with E-state index in [0.717, 1.165) is 55.0 Å². The van der Waals surface area contributed by atoms with Gasteiger partial charge in [0.2, 0.25) is 5.95 Å². The van der Waals surface area contributed by atoms with Crippen LogP contribution in [0.25, 0.3) is 11.1 Å². The molecule has 1 aliphatic rings. The average molecular weight is 374 g/mol. The second-order valence-electron chi connectivity index (χ2n) is 7.32. The van der Waals surface area contributed by atoms with E-state index in [1.165, 1.54) is 5.56 Å². The highest BCUT2D eigenvalue weighted by Gasteiger charge is 2.25. The fourth-order valence-electron chi connectivity index (χ4n) is 3.98. The lowest BCUT2D eigenvalue weighted by atomic mass is 9.89. The smallest absolute Gasteiger partial charge is 0.220 e. The zero-order valence-electron chi connectivity index (χ0n) is 16.2. The third kappa shape index (κ3) is 4.15. The van der Waals surface area contributed by atoms with Crippen LogP contribution < -0.4 is 10.5 Å². The molecule has 1 atom stereocenters. The van der Waals surface area contributed by atoms with Crippen LogP contribution in [0, 0.1) is 0 Å². The summed E-state index contributed by atoms with van der Waals surface area (Å²) in [7, 11) is 1.68. The monoisotopic (exact) mass is 374 g/mol. The third-order valence-electron chi connectivity index (χ3n) is 5.38. The van der Waals surface area contributed by atoms with E-state index in [0.29, 0.717) is 11.9 Å². The first-order valence-corrected chi connectivity index (χ1v) is 9.76. The van der Waals surface area contributed by atoms with Crippen LogP contribution in [0.3, 0.4) is 0 Å². The molecule has 0 saturated carbocycles. The van der Waals surface area contributed by atoms with Gasteiger partial charge in [0.15, 0.2) is 0 Å². The highest BCUT2D eigenvalue weighted by molar-refractivity contribution is 5.67. The van der Waals surface area contributed by atoms with Crippen molar-refractivity contribution in [2.24, 2.45) is 0 Å². The van der Waals surface area contributed by atoms with E-state index in [9.17, 15) is 0 Å². The number of nitrogen functional groups attached to an aromatic ring is 1. The number of piperidine rings is 1. The number of likely N-dealkylation sites (tertiary alicyclic amines) is 1. The van der Waals surface area contributed by atoms with E-state index >= 15 is 0 Å². The maximum atomic E-state index is 5.96. The topological polar surface area (TPSA) is 64.3 Å². The molecule has 3 aromatic rings. The van der Waals surface area contributed by atoms with Crippen molar-refractivity contribution < 1.29 is 4.74 Å². The Morgan fingerprint density at radius 1 is 1.11 bits per heavy atom. The number of hydrogen-bond acceptors (Lipinski definition) is 5. The number of nitrogens with two attached hydrogens (primary N) is 1. The van der Waals surface area contributed by atoms with Gasteiger partial charge in [-0.1, -0.05) is 42.5 Å². The van der Waals surface area contributed by atoms with Crippen LogP contribution >= 0.6 is 0 Å². The predicted octanol–water partition coefficient (Wildman–Crippen LogP) is 4.11. The molecule has 2 heterocycles. The Morgan fingerprint density at radius 3 is 2.64 bits per heavy atom. The largest absolute Gasteiger partial charge is 0.497 e. The van der Waals surface area contributed by atoms with Crippen molar-refractivity contribution in [1.82, 2.24) is 14.9 Å². The Hall–Kier alpha value is -2.92. The molecule has 1 aliphatic heterocycles. The number of benzene rings is 2. The first kappa shape index (κ1) is 18.4. The van der Waals surface area contributed by atoms with Crippen LogP contribution in [0.15, 0.2) is 60.8 Å². The summed E-state index contributed by atoms with van der Waals surface area (Å²) in [6.07, 6.45) is 4.13. The lowest BCUT2D eigenvalue weighted by Crippen LogP contribution is -2.34. The number of anilines is 1. The fourth-order valence-corrected chi connectivity index (χ4v) is 3.98. The predicted molar refractivity (Wildman–Crippen MR) is 112 cm³/mol. The van der Waals surface area contributed by atoms with Crippen molar-refractivity contribution in [2.45, 2.75) is 25.3 Å². The van der Waals surface area contributed by atoms with E-state index in [1.807, 2.05) is 18.3 Å². The second kappa shape index (κ2) is 8.40. The molecule has 0 bridgehead atoms. The normalized spacial score (nSPS) is 17.4. The van der Waals surface area contributed by atoms with Gasteiger partial charge in [0.1, 0.15) is 5.75 Å². The van der Waals surface area contributed by atoms with Gasteiger partial charge in [0.25, 0.3) is 0 Å². The fraction of sp³-hybridized carbons (Fsp3) is 0.304. The summed E-state index contributed by atoms with van der Waals surface area (Å²) >= 11 is 0. The molecule has 1 saturated heterocycles. The molecule has 2 N–H and O–H groups in total. The number of hydrogen-bond donors (Lipinski definition) is 1. The van der Waals surface area contributed by atoms with Gasteiger partial charge < -0.3 is 10.5 Å². The van der Waals surface area contributed by atoms with E-state index in [4.69, 9.17) is 10.5 Å². The van der Waals surface area contributed by atoms with Crippen molar-refractivity contribution in [1.29, 1.82) is 0 Å². The van der Waals surface area contributed by atoms with Crippen molar-refractivity contribution in [3.05, 3.63) is 72.1 Å². The average Bonchev–Trinajstić information content (AvgIpc) is 2.75. The van der Waals surface area contributed by atoms with Gasteiger partial charge in [-0.2, -0.15) is 0 Å². The van der Waals surface area contributed by atoms with Crippen LogP contribution in [0.5, 0.6) is 5.75 Å². The van der Waals surface area contributed by atoms with Gasteiger partial charge in [-0.3, -0.25) is 4.90 Å². The molecule has 0 amide bonds. The highest BCUT2D eigenvalue weighted by Crippen LogP contribution is 2.34. The molecule has 1 fully saturated rings. The molecule has 144 valence electrons. The zero-order chi connectivity index (χ0) is 19.3. The van der Waals surface area contributed by atoms with Crippen LogP contribution in [-0.4, -0.2) is 35.1 Å². The molecule has 0 spiro atoms. The number of methoxy groups -OCH3 is 1. The first-order valence-electron chi connectivity index (χ1n) is 9.76. The summed E-state index contributed by atoms with van der Waals surface area (Å²) in [6, 6.07) is 18.7. The molecule has 28 heavy (non-hydrogen) atoms. The summed E-state index contributed by atoms with van der Waals surface area (Å²) in [5.41, 5.74) is 10.5. The van der Waals surface area contributed by atoms with Crippen molar-refractivity contribution in [3.8, 4) is 16.9 Å². The van der Waals surface area contributed by atoms with E-state index in [1.54, 1.807) is 7.11 Å². The van der Waals surface area contributed by atoms with Crippen LogP contribution in [0.4, 0.5) is 5.95 Å². The number of aromatic nitrogens is 2. The number of rotatable bonds is 5. The Balaban J connectivity index is 1.59. The van der Waals surface area contributed by atoms with E-state index in [-0.39, 0.29) is 0 Å². The van der Waals surface area contributed by atoms with E-state index < -0.39 is 0 Å². The summed E-state index contributed by atoms with van der Waals surface area (Å²) in [5, 5.41) is 0. The maximum absolute atomic E-state index is 5.96. The minimum atomic E-state index is 0.340. The molecular formula is C23H26N4O. The molecule has 0 radical (unpaired) electrons. The number of nitrogens with zero attached hydrogens (tertiary/aromatic N) is 3. The lowest BCUT2D eigenvalue weighted by Gasteiger charge is -2.33. The first-order chi connectivity index (χ1) is 13.7. The van der Waals surface area contributed by atoms with Crippen molar-refractivity contribution in [3.63, 3.8) is 0 Å². The second-order valence-corrected chi connectivity index (χ2v) is 7.32. The molecule has 0 aliphatic carbocycles. The Labute approximate surface area is 166 Å². The quantitative estimate of drug-likeness (QED) is 0.728. The molecule has 2 aromatic carbocycles. The molecule has 5 heteroatoms.